The minimum absolute atomic E-state index is 0.0616. The van der Waals surface area contributed by atoms with Crippen LogP contribution in [-0.2, 0) is 4.79 Å². The van der Waals surface area contributed by atoms with E-state index in [2.05, 4.69) is 10.6 Å². The van der Waals surface area contributed by atoms with Gasteiger partial charge in [0.15, 0.2) is 0 Å². The highest BCUT2D eigenvalue weighted by Gasteiger charge is 2.25. The molecule has 2 amide bonds. The van der Waals surface area contributed by atoms with Crippen molar-refractivity contribution in [3.05, 3.63) is 29.8 Å². The lowest BCUT2D eigenvalue weighted by atomic mass is 10.0. The van der Waals surface area contributed by atoms with Gasteiger partial charge < -0.3 is 15.5 Å². The third-order valence-corrected chi connectivity index (χ3v) is 2.99. The number of hydrogen-bond donors (Lipinski definition) is 2. The summed E-state index contributed by atoms with van der Waals surface area (Å²) in [6.07, 6.45) is 0. The van der Waals surface area contributed by atoms with E-state index in [4.69, 9.17) is 0 Å². The van der Waals surface area contributed by atoms with Gasteiger partial charge >= 0.3 is 0 Å². The third-order valence-electron chi connectivity index (χ3n) is 2.99. The summed E-state index contributed by atoms with van der Waals surface area (Å²) in [6.45, 7) is 3.60. The molecule has 0 bridgehead atoms. The monoisotopic (exact) mass is 263 g/mol. The van der Waals surface area contributed by atoms with Crippen LogP contribution in [0, 0.1) is 0 Å². The van der Waals surface area contributed by atoms with Crippen LogP contribution in [-0.4, -0.2) is 43.4 Å². The molecule has 19 heavy (non-hydrogen) atoms. The van der Waals surface area contributed by atoms with Crippen LogP contribution in [0.4, 0.5) is 5.69 Å². The van der Waals surface area contributed by atoms with Crippen LogP contribution in [0.3, 0.4) is 0 Å². The summed E-state index contributed by atoms with van der Waals surface area (Å²) >= 11 is 0. The number of nitrogens with zero attached hydrogens (tertiary/aromatic N) is 1. The number of carbonyl (C=O) groups excluding carboxylic acids is 2. The molecule has 0 aliphatic rings. The molecule has 0 aliphatic carbocycles. The summed E-state index contributed by atoms with van der Waals surface area (Å²) in [4.78, 5) is 25.2. The number of amides is 2. The van der Waals surface area contributed by atoms with E-state index in [-0.39, 0.29) is 11.8 Å². The van der Waals surface area contributed by atoms with Crippen LogP contribution in [0.1, 0.15) is 24.2 Å². The zero-order valence-electron chi connectivity index (χ0n) is 12.1. The van der Waals surface area contributed by atoms with Crippen LogP contribution in [0.15, 0.2) is 24.3 Å². The SMILES string of the molecule is CNC(C)(C)C(=O)Nc1ccc(C(=O)N(C)C)cc1. The summed E-state index contributed by atoms with van der Waals surface area (Å²) in [5.41, 5.74) is 0.623. The van der Waals surface area contributed by atoms with Gasteiger partial charge in [-0.15, -0.1) is 0 Å². The first-order valence-corrected chi connectivity index (χ1v) is 6.10. The average molecular weight is 263 g/mol. The predicted octanol–water partition coefficient (Wildman–Crippen LogP) is 1.32. The smallest absolute Gasteiger partial charge is 0.253 e. The molecule has 2 N–H and O–H groups in total. The number of benzene rings is 1. The molecule has 5 nitrogen and oxygen atoms in total. The average Bonchev–Trinajstić information content (AvgIpc) is 2.38. The van der Waals surface area contributed by atoms with Gasteiger partial charge in [-0.25, -0.2) is 0 Å². The Morgan fingerprint density at radius 1 is 1.11 bits per heavy atom. The molecule has 1 aromatic carbocycles. The molecule has 0 aliphatic heterocycles. The Balaban J connectivity index is 2.78. The first-order valence-electron chi connectivity index (χ1n) is 6.10. The Morgan fingerprint density at radius 2 is 1.63 bits per heavy atom. The van der Waals surface area contributed by atoms with Crippen molar-refractivity contribution in [3.8, 4) is 0 Å². The topological polar surface area (TPSA) is 61.4 Å². The molecule has 0 saturated heterocycles. The summed E-state index contributed by atoms with van der Waals surface area (Å²) < 4.78 is 0. The van der Waals surface area contributed by atoms with E-state index in [9.17, 15) is 9.59 Å². The fraction of sp³-hybridized carbons (Fsp3) is 0.429. The van der Waals surface area contributed by atoms with E-state index >= 15 is 0 Å². The zero-order chi connectivity index (χ0) is 14.6. The van der Waals surface area contributed by atoms with Crippen molar-refractivity contribution in [1.82, 2.24) is 10.2 Å². The van der Waals surface area contributed by atoms with E-state index < -0.39 is 5.54 Å². The standard InChI is InChI=1S/C14H21N3O2/c1-14(2,15-3)13(19)16-11-8-6-10(7-9-11)12(18)17(4)5/h6-9,15H,1-5H3,(H,16,19). The maximum absolute atomic E-state index is 11.9. The van der Waals surface area contributed by atoms with Gasteiger partial charge in [-0.3, -0.25) is 9.59 Å². The number of rotatable bonds is 4. The fourth-order valence-electron chi connectivity index (χ4n) is 1.36. The van der Waals surface area contributed by atoms with Crippen molar-refractivity contribution in [3.63, 3.8) is 0 Å². The van der Waals surface area contributed by atoms with Crippen molar-refractivity contribution in [1.29, 1.82) is 0 Å². The van der Waals surface area contributed by atoms with E-state index in [0.29, 0.717) is 11.3 Å². The van der Waals surface area contributed by atoms with Gasteiger partial charge in [-0.2, -0.15) is 0 Å². The van der Waals surface area contributed by atoms with Crippen molar-refractivity contribution in [2.45, 2.75) is 19.4 Å². The maximum Gasteiger partial charge on any atom is 0.253 e. The van der Waals surface area contributed by atoms with Gasteiger partial charge in [0.2, 0.25) is 5.91 Å². The minimum atomic E-state index is -0.641. The molecule has 1 rings (SSSR count). The second kappa shape index (κ2) is 5.84. The highest BCUT2D eigenvalue weighted by molar-refractivity contribution is 5.98. The van der Waals surface area contributed by atoms with Gasteiger partial charge in [0.1, 0.15) is 0 Å². The number of hydrogen-bond acceptors (Lipinski definition) is 3. The van der Waals surface area contributed by atoms with Crippen LogP contribution < -0.4 is 10.6 Å². The maximum atomic E-state index is 11.9. The zero-order valence-corrected chi connectivity index (χ0v) is 12.1. The number of anilines is 1. The molecule has 1 aromatic rings. The largest absolute Gasteiger partial charge is 0.345 e. The molecule has 0 saturated carbocycles. The Hall–Kier alpha value is -1.88. The van der Waals surface area contributed by atoms with Gasteiger partial charge in [-0.1, -0.05) is 0 Å². The first-order chi connectivity index (χ1) is 8.77. The van der Waals surface area contributed by atoms with Crippen molar-refractivity contribution in [2.24, 2.45) is 0 Å². The van der Waals surface area contributed by atoms with E-state index in [0.717, 1.165) is 0 Å². The summed E-state index contributed by atoms with van der Waals surface area (Å²) in [6, 6.07) is 6.84. The minimum Gasteiger partial charge on any atom is -0.345 e. The molecule has 0 spiro atoms. The lowest BCUT2D eigenvalue weighted by molar-refractivity contribution is -0.121. The van der Waals surface area contributed by atoms with Crippen molar-refractivity contribution >= 4 is 17.5 Å². The van der Waals surface area contributed by atoms with Crippen LogP contribution in [0.25, 0.3) is 0 Å². The number of likely N-dealkylation sites (N-methyl/N-ethyl adjacent to an activating group) is 1. The Kier molecular flexibility index (Phi) is 4.67. The second-order valence-electron chi connectivity index (χ2n) is 5.11. The van der Waals surface area contributed by atoms with Crippen LogP contribution in [0.5, 0.6) is 0 Å². The Bertz CT molecular complexity index is 464. The van der Waals surface area contributed by atoms with Crippen molar-refractivity contribution in [2.75, 3.05) is 26.5 Å². The van der Waals surface area contributed by atoms with Gasteiger partial charge in [0, 0.05) is 25.3 Å². The van der Waals surface area contributed by atoms with Crippen LogP contribution >= 0.6 is 0 Å². The van der Waals surface area contributed by atoms with E-state index in [1.165, 1.54) is 4.90 Å². The normalized spacial score (nSPS) is 11.0. The molecule has 0 radical (unpaired) electrons. The van der Waals surface area contributed by atoms with Gasteiger partial charge in [0.25, 0.3) is 5.91 Å². The van der Waals surface area contributed by atoms with Gasteiger partial charge in [-0.05, 0) is 45.2 Å². The molecule has 0 aromatic heterocycles. The molecule has 104 valence electrons. The summed E-state index contributed by atoms with van der Waals surface area (Å²) in [5, 5.41) is 5.74. The van der Waals surface area contributed by atoms with Gasteiger partial charge in [0.05, 0.1) is 5.54 Å². The number of nitrogens with one attached hydrogen (secondary N) is 2. The highest BCUT2D eigenvalue weighted by atomic mass is 16.2. The molecule has 5 heteroatoms. The fourth-order valence-corrected chi connectivity index (χ4v) is 1.36. The Labute approximate surface area is 114 Å². The van der Waals surface area contributed by atoms with Crippen molar-refractivity contribution < 1.29 is 9.59 Å². The third kappa shape index (κ3) is 3.79. The molecule has 0 atom stereocenters. The first kappa shape index (κ1) is 15.2. The van der Waals surface area contributed by atoms with E-state index in [1.807, 2.05) is 0 Å². The lowest BCUT2D eigenvalue weighted by Gasteiger charge is -2.22. The Morgan fingerprint density at radius 3 is 2.05 bits per heavy atom. The molecule has 0 unspecified atom stereocenters. The molecule has 0 fully saturated rings. The summed E-state index contributed by atoms with van der Waals surface area (Å²) in [7, 11) is 5.14. The lowest BCUT2D eigenvalue weighted by Crippen LogP contribution is -2.47. The number of carbonyl (C=O) groups is 2. The molecule has 0 heterocycles. The van der Waals surface area contributed by atoms with Crippen LogP contribution in [0.2, 0.25) is 0 Å². The second-order valence-corrected chi connectivity index (χ2v) is 5.11. The summed E-state index contributed by atoms with van der Waals surface area (Å²) in [5.74, 6) is -0.185. The predicted molar refractivity (Wildman–Crippen MR) is 76.2 cm³/mol. The van der Waals surface area contributed by atoms with E-state index in [1.54, 1.807) is 59.3 Å². The quantitative estimate of drug-likeness (QED) is 0.861. The highest BCUT2D eigenvalue weighted by Crippen LogP contribution is 2.13. The molecular weight excluding hydrogens is 242 g/mol. The molecular formula is C14H21N3O2.